The van der Waals surface area contributed by atoms with E-state index in [0.29, 0.717) is 12.6 Å². The number of aromatic nitrogens is 2. The van der Waals surface area contributed by atoms with Crippen molar-refractivity contribution >= 4 is 27.7 Å². The van der Waals surface area contributed by atoms with E-state index in [1.54, 1.807) is 4.68 Å². The maximum absolute atomic E-state index is 12.8. The summed E-state index contributed by atoms with van der Waals surface area (Å²) < 4.78 is 2.78. The number of nitrogens with zero attached hydrogens (tertiary/aromatic N) is 3. The molecule has 1 heterocycles. The van der Waals surface area contributed by atoms with Crippen LogP contribution in [0.2, 0.25) is 0 Å². The average molecular weight is 419 g/mol. The van der Waals surface area contributed by atoms with E-state index < -0.39 is 0 Å². The van der Waals surface area contributed by atoms with Crippen molar-refractivity contribution in [3.8, 4) is 0 Å². The van der Waals surface area contributed by atoms with Crippen LogP contribution in [0, 0.1) is 6.92 Å². The number of hydrogen-bond donors (Lipinski definition) is 1. The van der Waals surface area contributed by atoms with Gasteiger partial charge >= 0.3 is 0 Å². The van der Waals surface area contributed by atoms with Gasteiger partial charge in [0.25, 0.3) is 0 Å². The number of carbonyl (C=O) groups is 1. The molecule has 0 radical (unpaired) electrons. The highest BCUT2D eigenvalue weighted by Crippen LogP contribution is 2.36. The third-order valence-corrected chi connectivity index (χ3v) is 5.90. The highest BCUT2D eigenvalue weighted by atomic mass is 79.9. The average Bonchev–Trinajstić information content (AvgIpc) is 2.82. The molecule has 0 aliphatic heterocycles. The van der Waals surface area contributed by atoms with Crippen molar-refractivity contribution in [3.05, 3.63) is 46.1 Å². The van der Waals surface area contributed by atoms with E-state index in [4.69, 9.17) is 0 Å². The van der Waals surface area contributed by atoms with Crippen LogP contribution in [-0.4, -0.2) is 33.2 Å². The molecule has 1 aromatic carbocycles. The van der Waals surface area contributed by atoms with E-state index in [-0.39, 0.29) is 11.4 Å². The van der Waals surface area contributed by atoms with Crippen LogP contribution in [-0.2, 0) is 17.4 Å². The molecule has 140 valence electrons. The molecule has 0 spiro atoms. The first kappa shape index (κ1) is 19.1. The number of nitrogens with one attached hydrogen (secondary N) is 1. The van der Waals surface area contributed by atoms with Crippen molar-refractivity contribution in [1.29, 1.82) is 0 Å². The number of hydrogen-bond acceptors (Lipinski definition) is 3. The highest BCUT2D eigenvalue weighted by Gasteiger charge is 2.37. The zero-order valence-corrected chi connectivity index (χ0v) is 17.5. The molecule has 1 aliphatic carbocycles. The zero-order chi connectivity index (χ0) is 18.9. The van der Waals surface area contributed by atoms with Crippen molar-refractivity contribution in [2.45, 2.75) is 51.6 Å². The summed E-state index contributed by atoms with van der Waals surface area (Å²) in [5.41, 5.74) is 1.90. The van der Waals surface area contributed by atoms with E-state index in [1.165, 1.54) is 12.0 Å². The second-order valence-corrected chi connectivity index (χ2v) is 8.54. The SMILES string of the molecule is Cc1cc(NC(=O)CN(C2CCC2)C(C)(C)c2ccc(Br)cc2)n(C)n1. The smallest absolute Gasteiger partial charge is 0.239 e. The number of benzene rings is 1. The molecule has 0 saturated heterocycles. The Morgan fingerprint density at radius 1 is 1.35 bits per heavy atom. The lowest BCUT2D eigenvalue weighted by molar-refractivity contribution is -0.120. The standard InChI is InChI=1S/C20H27BrN4O/c1-14-12-18(24(4)23-14)22-19(26)13-25(17-6-5-7-17)20(2,3)15-8-10-16(21)11-9-15/h8-12,17H,5-7,13H2,1-4H3,(H,22,26). The van der Waals surface area contributed by atoms with Gasteiger partial charge in [0.1, 0.15) is 5.82 Å². The molecule has 1 aliphatic rings. The van der Waals surface area contributed by atoms with Crippen molar-refractivity contribution in [2.24, 2.45) is 7.05 Å². The summed E-state index contributed by atoms with van der Waals surface area (Å²) in [5.74, 6) is 0.743. The molecule has 2 aromatic rings. The van der Waals surface area contributed by atoms with Gasteiger partial charge in [-0.05, 0) is 51.3 Å². The second kappa shape index (κ2) is 7.53. The summed E-state index contributed by atoms with van der Waals surface area (Å²) in [6.07, 6.45) is 3.54. The summed E-state index contributed by atoms with van der Waals surface area (Å²) in [6.45, 7) is 6.71. The summed E-state index contributed by atoms with van der Waals surface area (Å²) in [5, 5.41) is 7.30. The van der Waals surface area contributed by atoms with Crippen molar-refractivity contribution in [3.63, 3.8) is 0 Å². The van der Waals surface area contributed by atoms with E-state index in [0.717, 1.165) is 28.8 Å². The topological polar surface area (TPSA) is 50.2 Å². The summed E-state index contributed by atoms with van der Waals surface area (Å²) in [6, 6.07) is 10.7. The molecule has 1 saturated carbocycles. The van der Waals surface area contributed by atoms with Crippen LogP contribution < -0.4 is 5.32 Å². The van der Waals surface area contributed by atoms with Gasteiger partial charge in [-0.25, -0.2) is 0 Å². The third kappa shape index (κ3) is 4.01. The molecule has 26 heavy (non-hydrogen) atoms. The molecule has 3 rings (SSSR count). The lowest BCUT2D eigenvalue weighted by Crippen LogP contribution is -2.53. The van der Waals surface area contributed by atoms with E-state index >= 15 is 0 Å². The number of halogens is 1. The fourth-order valence-electron chi connectivity index (χ4n) is 3.57. The maximum atomic E-state index is 12.8. The van der Waals surface area contributed by atoms with Crippen molar-refractivity contribution in [1.82, 2.24) is 14.7 Å². The fraction of sp³-hybridized carbons (Fsp3) is 0.500. The molecular formula is C20H27BrN4O. The van der Waals surface area contributed by atoms with Gasteiger partial charge in [-0.15, -0.1) is 0 Å². The van der Waals surface area contributed by atoms with Crippen LogP contribution in [0.15, 0.2) is 34.8 Å². The molecule has 6 heteroatoms. The lowest BCUT2D eigenvalue weighted by atomic mass is 9.84. The quantitative estimate of drug-likeness (QED) is 0.763. The van der Waals surface area contributed by atoms with Gasteiger partial charge in [-0.3, -0.25) is 14.4 Å². The van der Waals surface area contributed by atoms with E-state index in [1.807, 2.05) is 20.0 Å². The Balaban J connectivity index is 1.78. The molecule has 1 aromatic heterocycles. The van der Waals surface area contributed by atoms with Crippen LogP contribution >= 0.6 is 15.9 Å². The molecular weight excluding hydrogens is 392 g/mol. The first-order chi connectivity index (χ1) is 12.3. The lowest BCUT2D eigenvalue weighted by Gasteiger charge is -2.47. The molecule has 5 nitrogen and oxygen atoms in total. The number of carbonyl (C=O) groups excluding carboxylic acids is 1. The van der Waals surface area contributed by atoms with Gasteiger partial charge in [0.05, 0.1) is 12.2 Å². The second-order valence-electron chi connectivity index (χ2n) is 7.62. The molecule has 0 bridgehead atoms. The van der Waals surface area contributed by atoms with Gasteiger partial charge in [0.2, 0.25) is 5.91 Å². The van der Waals surface area contributed by atoms with Crippen LogP contribution in [0.5, 0.6) is 0 Å². The fourth-order valence-corrected chi connectivity index (χ4v) is 3.83. The third-order valence-electron chi connectivity index (χ3n) is 5.37. The van der Waals surface area contributed by atoms with Gasteiger partial charge in [-0.2, -0.15) is 5.10 Å². The summed E-state index contributed by atoms with van der Waals surface area (Å²) in [4.78, 5) is 15.1. The molecule has 0 unspecified atom stereocenters. The van der Waals surface area contributed by atoms with Crippen molar-refractivity contribution in [2.75, 3.05) is 11.9 Å². The van der Waals surface area contributed by atoms with Crippen LogP contribution in [0.3, 0.4) is 0 Å². The Bertz CT molecular complexity index is 778. The Labute approximate surface area is 163 Å². The molecule has 1 fully saturated rings. The Morgan fingerprint density at radius 3 is 2.50 bits per heavy atom. The van der Waals surface area contributed by atoms with E-state index in [9.17, 15) is 4.79 Å². The molecule has 0 atom stereocenters. The highest BCUT2D eigenvalue weighted by molar-refractivity contribution is 9.10. The number of aryl methyl sites for hydroxylation is 2. The molecule has 1 amide bonds. The van der Waals surface area contributed by atoms with Gasteiger partial charge in [-0.1, -0.05) is 34.5 Å². The Kier molecular flexibility index (Phi) is 5.53. The van der Waals surface area contributed by atoms with E-state index in [2.05, 4.69) is 69.4 Å². The number of amides is 1. The number of rotatable bonds is 6. The van der Waals surface area contributed by atoms with Gasteiger partial charge in [0.15, 0.2) is 0 Å². The Hall–Kier alpha value is -1.66. The first-order valence-corrected chi connectivity index (χ1v) is 9.90. The summed E-state index contributed by atoms with van der Waals surface area (Å²) in [7, 11) is 1.85. The van der Waals surface area contributed by atoms with Crippen LogP contribution in [0.25, 0.3) is 0 Å². The van der Waals surface area contributed by atoms with Crippen LogP contribution in [0.1, 0.15) is 44.4 Å². The minimum Gasteiger partial charge on any atom is -0.310 e. The largest absolute Gasteiger partial charge is 0.310 e. The van der Waals surface area contributed by atoms with Crippen LogP contribution in [0.4, 0.5) is 5.82 Å². The van der Waals surface area contributed by atoms with Gasteiger partial charge < -0.3 is 5.32 Å². The summed E-state index contributed by atoms with van der Waals surface area (Å²) >= 11 is 3.50. The normalized spacial score (nSPS) is 15.2. The number of anilines is 1. The predicted octanol–water partition coefficient (Wildman–Crippen LogP) is 4.22. The monoisotopic (exact) mass is 418 g/mol. The first-order valence-electron chi connectivity index (χ1n) is 9.10. The molecule has 1 N–H and O–H groups in total. The zero-order valence-electron chi connectivity index (χ0n) is 15.9. The van der Waals surface area contributed by atoms with Crippen molar-refractivity contribution < 1.29 is 4.79 Å². The van der Waals surface area contributed by atoms with Gasteiger partial charge in [0, 0.05) is 29.2 Å². The Morgan fingerprint density at radius 2 is 2.00 bits per heavy atom. The minimum absolute atomic E-state index is 0.00471. The predicted molar refractivity (Wildman–Crippen MR) is 108 cm³/mol. The maximum Gasteiger partial charge on any atom is 0.239 e. The minimum atomic E-state index is -0.217.